The zero-order valence-corrected chi connectivity index (χ0v) is 11.8. The Labute approximate surface area is 110 Å². The average Bonchev–Trinajstić information content (AvgIpc) is 2.84. The molecule has 17 heavy (non-hydrogen) atoms. The van der Waals surface area contributed by atoms with E-state index in [4.69, 9.17) is 11.6 Å². The number of aryl methyl sites for hydroxylation is 1. The minimum atomic E-state index is 0.296. The van der Waals surface area contributed by atoms with Crippen molar-refractivity contribution in [3.63, 3.8) is 0 Å². The Morgan fingerprint density at radius 3 is 2.82 bits per heavy atom. The highest BCUT2D eigenvalue weighted by Crippen LogP contribution is 2.22. The highest BCUT2D eigenvalue weighted by molar-refractivity contribution is 7.16. The van der Waals surface area contributed by atoms with Crippen LogP contribution in [0.25, 0.3) is 0 Å². The first-order valence-electron chi connectivity index (χ1n) is 5.54. The number of aromatic nitrogens is 2. The summed E-state index contributed by atoms with van der Waals surface area (Å²) in [4.78, 5) is 1.25. The summed E-state index contributed by atoms with van der Waals surface area (Å²) >= 11 is 7.52. The summed E-state index contributed by atoms with van der Waals surface area (Å²) in [6.07, 6.45) is 1.93. The lowest BCUT2D eigenvalue weighted by molar-refractivity contribution is 0.574. The van der Waals surface area contributed by atoms with Crippen molar-refractivity contribution in [1.29, 1.82) is 0 Å². The van der Waals surface area contributed by atoms with Gasteiger partial charge in [0.25, 0.3) is 0 Å². The molecule has 0 spiro atoms. The lowest BCUT2D eigenvalue weighted by Crippen LogP contribution is -2.18. The van der Waals surface area contributed by atoms with E-state index in [0.717, 1.165) is 10.9 Å². The van der Waals surface area contributed by atoms with Crippen molar-refractivity contribution < 1.29 is 0 Å². The lowest BCUT2D eigenvalue weighted by atomic mass is 10.1. The van der Waals surface area contributed by atoms with Gasteiger partial charge in [-0.05, 0) is 26.0 Å². The second kappa shape index (κ2) is 5.21. The SMILES string of the molecule is Cc1c(C(C)NCc2ccc(Cl)s2)cnn1C. The lowest BCUT2D eigenvalue weighted by Gasteiger charge is -2.12. The second-order valence-electron chi connectivity index (χ2n) is 4.12. The van der Waals surface area contributed by atoms with E-state index >= 15 is 0 Å². The molecule has 2 aromatic heterocycles. The molecule has 92 valence electrons. The predicted molar refractivity (Wildman–Crippen MR) is 72.5 cm³/mol. The third-order valence-corrected chi connectivity index (χ3v) is 4.18. The van der Waals surface area contributed by atoms with Crippen LogP contribution >= 0.6 is 22.9 Å². The van der Waals surface area contributed by atoms with Crippen molar-refractivity contribution in [2.24, 2.45) is 7.05 Å². The first-order valence-corrected chi connectivity index (χ1v) is 6.73. The van der Waals surface area contributed by atoms with Crippen LogP contribution in [0.5, 0.6) is 0 Å². The van der Waals surface area contributed by atoms with Gasteiger partial charge in [-0.15, -0.1) is 11.3 Å². The minimum Gasteiger partial charge on any atom is -0.305 e. The molecule has 2 rings (SSSR count). The molecule has 0 amide bonds. The zero-order chi connectivity index (χ0) is 12.4. The molecule has 1 N–H and O–H groups in total. The summed E-state index contributed by atoms with van der Waals surface area (Å²) < 4.78 is 2.74. The van der Waals surface area contributed by atoms with Crippen LogP contribution in [0, 0.1) is 6.92 Å². The van der Waals surface area contributed by atoms with Gasteiger partial charge in [-0.25, -0.2) is 0 Å². The smallest absolute Gasteiger partial charge is 0.0931 e. The maximum atomic E-state index is 5.90. The fraction of sp³-hybridized carbons (Fsp3) is 0.417. The van der Waals surface area contributed by atoms with Gasteiger partial charge in [0.15, 0.2) is 0 Å². The molecule has 3 nitrogen and oxygen atoms in total. The first kappa shape index (κ1) is 12.6. The summed E-state index contributed by atoms with van der Waals surface area (Å²) in [5, 5.41) is 7.74. The highest BCUT2D eigenvalue weighted by Gasteiger charge is 2.11. The first-order chi connectivity index (χ1) is 8.08. The van der Waals surface area contributed by atoms with E-state index in [1.54, 1.807) is 11.3 Å². The van der Waals surface area contributed by atoms with Gasteiger partial charge < -0.3 is 5.32 Å². The number of rotatable bonds is 4. The van der Waals surface area contributed by atoms with E-state index in [2.05, 4.69) is 30.3 Å². The van der Waals surface area contributed by atoms with E-state index in [-0.39, 0.29) is 0 Å². The van der Waals surface area contributed by atoms with E-state index in [9.17, 15) is 0 Å². The Kier molecular flexibility index (Phi) is 3.86. The molecule has 0 aliphatic rings. The van der Waals surface area contributed by atoms with Crippen molar-refractivity contribution in [2.45, 2.75) is 26.4 Å². The van der Waals surface area contributed by atoms with Crippen LogP contribution in [0.15, 0.2) is 18.3 Å². The van der Waals surface area contributed by atoms with Crippen LogP contribution < -0.4 is 5.32 Å². The maximum absolute atomic E-state index is 5.90. The molecule has 0 bridgehead atoms. The number of hydrogen-bond acceptors (Lipinski definition) is 3. The average molecular weight is 270 g/mol. The number of nitrogens with one attached hydrogen (secondary N) is 1. The van der Waals surface area contributed by atoms with Crippen LogP contribution in [0.3, 0.4) is 0 Å². The van der Waals surface area contributed by atoms with Gasteiger partial charge in [-0.1, -0.05) is 11.6 Å². The second-order valence-corrected chi connectivity index (χ2v) is 5.92. The maximum Gasteiger partial charge on any atom is 0.0931 e. The van der Waals surface area contributed by atoms with Crippen molar-refractivity contribution >= 4 is 22.9 Å². The fourth-order valence-electron chi connectivity index (χ4n) is 1.75. The molecular weight excluding hydrogens is 254 g/mol. The van der Waals surface area contributed by atoms with Crippen molar-refractivity contribution in [2.75, 3.05) is 0 Å². The summed E-state index contributed by atoms with van der Waals surface area (Å²) in [7, 11) is 1.96. The molecule has 0 saturated carbocycles. The third kappa shape index (κ3) is 2.89. The Balaban J connectivity index is 1.98. The van der Waals surface area contributed by atoms with E-state index < -0.39 is 0 Å². The molecule has 0 saturated heterocycles. The van der Waals surface area contributed by atoms with Crippen LogP contribution in [-0.2, 0) is 13.6 Å². The molecule has 0 aliphatic heterocycles. The molecular formula is C12H16ClN3S. The standard InChI is InChI=1S/C12H16ClN3S/c1-8(11-7-15-16(3)9(11)2)14-6-10-4-5-12(13)17-10/h4-5,7-8,14H,6H2,1-3H3. The third-order valence-electron chi connectivity index (χ3n) is 2.95. The van der Waals surface area contributed by atoms with Gasteiger partial charge in [0.1, 0.15) is 0 Å². The number of thiophene rings is 1. The molecule has 1 unspecified atom stereocenters. The number of nitrogens with zero attached hydrogens (tertiary/aromatic N) is 2. The quantitative estimate of drug-likeness (QED) is 0.923. The molecule has 2 heterocycles. The molecule has 1 atom stereocenters. The molecule has 0 aromatic carbocycles. The monoisotopic (exact) mass is 269 g/mol. The largest absolute Gasteiger partial charge is 0.305 e. The fourth-order valence-corrected chi connectivity index (χ4v) is 2.79. The van der Waals surface area contributed by atoms with Gasteiger partial charge in [0.05, 0.1) is 10.5 Å². The molecule has 0 fully saturated rings. The van der Waals surface area contributed by atoms with E-state index in [0.29, 0.717) is 6.04 Å². The molecule has 2 aromatic rings. The Morgan fingerprint density at radius 1 is 1.53 bits per heavy atom. The number of halogens is 1. The van der Waals surface area contributed by atoms with Gasteiger partial charge in [0, 0.05) is 35.8 Å². The summed E-state index contributed by atoms with van der Waals surface area (Å²) in [6, 6.07) is 4.29. The van der Waals surface area contributed by atoms with Crippen LogP contribution in [0.2, 0.25) is 4.34 Å². The minimum absolute atomic E-state index is 0.296. The highest BCUT2D eigenvalue weighted by atomic mass is 35.5. The van der Waals surface area contributed by atoms with Gasteiger partial charge in [-0.2, -0.15) is 5.10 Å². The van der Waals surface area contributed by atoms with Crippen LogP contribution in [0.4, 0.5) is 0 Å². The number of hydrogen-bond donors (Lipinski definition) is 1. The van der Waals surface area contributed by atoms with Crippen LogP contribution in [0.1, 0.15) is 29.1 Å². The van der Waals surface area contributed by atoms with Gasteiger partial charge >= 0.3 is 0 Å². The molecule has 0 radical (unpaired) electrons. The predicted octanol–water partition coefficient (Wildman–Crippen LogP) is 3.29. The summed E-state index contributed by atoms with van der Waals surface area (Å²) in [5.74, 6) is 0. The topological polar surface area (TPSA) is 29.9 Å². The Hall–Kier alpha value is -0.840. The summed E-state index contributed by atoms with van der Waals surface area (Å²) in [6.45, 7) is 5.08. The molecule has 0 aliphatic carbocycles. The molecule has 5 heteroatoms. The van der Waals surface area contributed by atoms with Crippen molar-refractivity contribution in [3.8, 4) is 0 Å². The summed E-state index contributed by atoms with van der Waals surface area (Å²) in [5.41, 5.74) is 2.45. The van der Waals surface area contributed by atoms with Gasteiger partial charge in [-0.3, -0.25) is 4.68 Å². The Bertz CT molecular complexity index is 504. The van der Waals surface area contributed by atoms with Crippen molar-refractivity contribution in [3.05, 3.63) is 38.8 Å². The van der Waals surface area contributed by atoms with Crippen LogP contribution in [-0.4, -0.2) is 9.78 Å². The van der Waals surface area contributed by atoms with Gasteiger partial charge in [0.2, 0.25) is 0 Å². The Morgan fingerprint density at radius 2 is 2.29 bits per heavy atom. The van der Waals surface area contributed by atoms with E-state index in [1.165, 1.54) is 16.1 Å². The van der Waals surface area contributed by atoms with Crippen molar-refractivity contribution in [1.82, 2.24) is 15.1 Å². The normalized spacial score (nSPS) is 12.9. The van der Waals surface area contributed by atoms with E-state index in [1.807, 2.05) is 24.0 Å². The zero-order valence-electron chi connectivity index (χ0n) is 10.2.